The van der Waals surface area contributed by atoms with Gasteiger partial charge in [0.05, 0.1) is 6.10 Å². The van der Waals surface area contributed by atoms with E-state index in [4.69, 9.17) is 0 Å². The van der Waals surface area contributed by atoms with Crippen molar-refractivity contribution in [2.75, 3.05) is 6.54 Å². The Morgan fingerprint density at radius 1 is 1.36 bits per heavy atom. The van der Waals surface area contributed by atoms with Crippen molar-refractivity contribution in [3.05, 3.63) is 0 Å². The molecule has 1 fully saturated rings. The topological polar surface area (TPSA) is 32.3 Å². The van der Waals surface area contributed by atoms with Crippen LogP contribution in [-0.4, -0.2) is 23.8 Å². The second kappa shape index (κ2) is 6.41. The Kier molecular flexibility index (Phi) is 5.49. The highest BCUT2D eigenvalue weighted by molar-refractivity contribution is 4.77. The monoisotopic (exact) mass is 199 g/mol. The first-order valence-electron chi connectivity index (χ1n) is 6.15. The molecule has 2 unspecified atom stereocenters. The Balaban J connectivity index is 2.10. The van der Waals surface area contributed by atoms with Crippen LogP contribution in [0.3, 0.4) is 0 Å². The van der Waals surface area contributed by atoms with Gasteiger partial charge in [-0.05, 0) is 32.1 Å². The molecule has 0 spiro atoms. The van der Waals surface area contributed by atoms with Crippen molar-refractivity contribution in [2.24, 2.45) is 5.92 Å². The van der Waals surface area contributed by atoms with Crippen molar-refractivity contribution in [2.45, 2.75) is 64.5 Å². The Hall–Kier alpha value is -0.0800. The highest BCUT2D eigenvalue weighted by Crippen LogP contribution is 2.27. The van der Waals surface area contributed by atoms with Gasteiger partial charge in [0.25, 0.3) is 0 Å². The lowest BCUT2D eigenvalue weighted by Crippen LogP contribution is -2.36. The van der Waals surface area contributed by atoms with E-state index < -0.39 is 0 Å². The average molecular weight is 199 g/mol. The molecule has 2 atom stereocenters. The fraction of sp³-hybridized carbons (Fsp3) is 1.00. The van der Waals surface area contributed by atoms with Crippen molar-refractivity contribution >= 4 is 0 Å². The van der Waals surface area contributed by atoms with Crippen LogP contribution in [0.1, 0.15) is 52.4 Å². The summed E-state index contributed by atoms with van der Waals surface area (Å²) in [7, 11) is 0. The van der Waals surface area contributed by atoms with E-state index in [9.17, 15) is 5.11 Å². The van der Waals surface area contributed by atoms with E-state index in [1.807, 2.05) is 0 Å². The van der Waals surface area contributed by atoms with Gasteiger partial charge < -0.3 is 10.4 Å². The standard InChI is InChI=1S/C12H25NO/c1-3-6-10(2)13-9-12(14)11-7-4-5-8-11/h10-14H,3-9H2,1-2H3. The third-order valence-corrected chi connectivity index (χ3v) is 3.34. The van der Waals surface area contributed by atoms with Crippen molar-refractivity contribution < 1.29 is 5.11 Å². The van der Waals surface area contributed by atoms with E-state index >= 15 is 0 Å². The lowest BCUT2D eigenvalue weighted by Gasteiger charge is -2.20. The van der Waals surface area contributed by atoms with Crippen LogP contribution in [0.2, 0.25) is 0 Å². The first kappa shape index (κ1) is 12.0. The molecule has 0 amide bonds. The van der Waals surface area contributed by atoms with Crippen molar-refractivity contribution in [1.82, 2.24) is 5.32 Å². The Labute approximate surface area is 88.1 Å². The molecule has 1 saturated carbocycles. The normalized spacial score (nSPS) is 22.5. The first-order valence-corrected chi connectivity index (χ1v) is 6.15. The van der Waals surface area contributed by atoms with Crippen LogP contribution in [0, 0.1) is 5.92 Å². The fourth-order valence-corrected chi connectivity index (χ4v) is 2.37. The number of aliphatic hydroxyl groups is 1. The molecule has 0 aromatic carbocycles. The summed E-state index contributed by atoms with van der Waals surface area (Å²) in [6.07, 6.45) is 7.39. The summed E-state index contributed by atoms with van der Waals surface area (Å²) < 4.78 is 0. The van der Waals surface area contributed by atoms with E-state index in [1.165, 1.54) is 38.5 Å². The smallest absolute Gasteiger partial charge is 0.0692 e. The minimum absolute atomic E-state index is 0.114. The summed E-state index contributed by atoms with van der Waals surface area (Å²) in [5, 5.41) is 13.3. The van der Waals surface area contributed by atoms with Crippen LogP contribution in [0.25, 0.3) is 0 Å². The van der Waals surface area contributed by atoms with Crippen LogP contribution in [0.15, 0.2) is 0 Å². The quantitative estimate of drug-likeness (QED) is 0.688. The number of hydrogen-bond donors (Lipinski definition) is 2. The molecule has 1 aliphatic rings. The SMILES string of the molecule is CCCC(C)NCC(O)C1CCCC1. The van der Waals surface area contributed by atoms with Gasteiger partial charge >= 0.3 is 0 Å². The third-order valence-electron chi connectivity index (χ3n) is 3.34. The van der Waals surface area contributed by atoms with E-state index in [1.54, 1.807) is 0 Å². The summed E-state index contributed by atoms with van der Waals surface area (Å²) in [4.78, 5) is 0. The number of nitrogens with one attached hydrogen (secondary N) is 1. The highest BCUT2D eigenvalue weighted by atomic mass is 16.3. The van der Waals surface area contributed by atoms with Gasteiger partial charge in [-0.1, -0.05) is 26.2 Å². The van der Waals surface area contributed by atoms with Gasteiger partial charge in [-0.3, -0.25) is 0 Å². The van der Waals surface area contributed by atoms with Gasteiger partial charge in [0, 0.05) is 12.6 Å². The summed E-state index contributed by atoms with van der Waals surface area (Å²) in [5.41, 5.74) is 0. The zero-order valence-corrected chi connectivity index (χ0v) is 9.63. The maximum absolute atomic E-state index is 9.90. The zero-order chi connectivity index (χ0) is 10.4. The molecule has 2 N–H and O–H groups in total. The molecule has 84 valence electrons. The molecular formula is C12H25NO. The Morgan fingerprint density at radius 2 is 2.00 bits per heavy atom. The number of rotatable bonds is 6. The second-order valence-corrected chi connectivity index (χ2v) is 4.71. The maximum Gasteiger partial charge on any atom is 0.0692 e. The second-order valence-electron chi connectivity index (χ2n) is 4.71. The van der Waals surface area contributed by atoms with Crippen LogP contribution >= 0.6 is 0 Å². The van der Waals surface area contributed by atoms with E-state index in [0.717, 1.165) is 6.54 Å². The van der Waals surface area contributed by atoms with E-state index in [2.05, 4.69) is 19.2 Å². The van der Waals surface area contributed by atoms with Gasteiger partial charge in [0.2, 0.25) is 0 Å². The van der Waals surface area contributed by atoms with E-state index in [0.29, 0.717) is 12.0 Å². The largest absolute Gasteiger partial charge is 0.392 e. The van der Waals surface area contributed by atoms with Gasteiger partial charge in [-0.2, -0.15) is 0 Å². The fourth-order valence-electron chi connectivity index (χ4n) is 2.37. The highest BCUT2D eigenvalue weighted by Gasteiger charge is 2.22. The molecule has 0 aliphatic heterocycles. The van der Waals surface area contributed by atoms with Crippen molar-refractivity contribution in [3.63, 3.8) is 0 Å². The van der Waals surface area contributed by atoms with Gasteiger partial charge in [0.15, 0.2) is 0 Å². The lowest BCUT2D eigenvalue weighted by molar-refractivity contribution is 0.106. The lowest BCUT2D eigenvalue weighted by atomic mass is 10.0. The van der Waals surface area contributed by atoms with Crippen LogP contribution in [0.5, 0.6) is 0 Å². The molecule has 0 aromatic heterocycles. The summed E-state index contributed by atoms with van der Waals surface area (Å²) >= 11 is 0. The average Bonchev–Trinajstić information content (AvgIpc) is 2.67. The van der Waals surface area contributed by atoms with Crippen LogP contribution < -0.4 is 5.32 Å². The molecule has 2 heteroatoms. The predicted octanol–water partition coefficient (Wildman–Crippen LogP) is 2.32. The molecule has 14 heavy (non-hydrogen) atoms. The Bertz CT molecular complexity index is 143. The van der Waals surface area contributed by atoms with Crippen LogP contribution in [-0.2, 0) is 0 Å². The third kappa shape index (κ3) is 3.97. The minimum Gasteiger partial charge on any atom is -0.392 e. The van der Waals surface area contributed by atoms with Gasteiger partial charge in [-0.15, -0.1) is 0 Å². The van der Waals surface area contributed by atoms with Crippen molar-refractivity contribution in [3.8, 4) is 0 Å². The molecule has 2 nitrogen and oxygen atoms in total. The molecule has 1 aliphatic carbocycles. The maximum atomic E-state index is 9.90. The van der Waals surface area contributed by atoms with Crippen LogP contribution in [0.4, 0.5) is 0 Å². The van der Waals surface area contributed by atoms with Crippen molar-refractivity contribution in [1.29, 1.82) is 0 Å². The zero-order valence-electron chi connectivity index (χ0n) is 9.63. The first-order chi connectivity index (χ1) is 6.74. The van der Waals surface area contributed by atoms with Gasteiger partial charge in [-0.25, -0.2) is 0 Å². The summed E-state index contributed by atoms with van der Waals surface area (Å²) in [6, 6.07) is 0.552. The minimum atomic E-state index is -0.114. The van der Waals surface area contributed by atoms with E-state index in [-0.39, 0.29) is 6.10 Å². The summed E-state index contributed by atoms with van der Waals surface area (Å²) in [5.74, 6) is 0.566. The molecular weight excluding hydrogens is 174 g/mol. The Morgan fingerprint density at radius 3 is 2.57 bits per heavy atom. The molecule has 0 bridgehead atoms. The number of hydrogen-bond acceptors (Lipinski definition) is 2. The molecule has 0 saturated heterocycles. The van der Waals surface area contributed by atoms with Gasteiger partial charge in [0.1, 0.15) is 0 Å². The summed E-state index contributed by atoms with van der Waals surface area (Å²) in [6.45, 7) is 5.18. The molecule has 0 heterocycles. The number of aliphatic hydroxyl groups excluding tert-OH is 1. The molecule has 0 radical (unpaired) electrons. The molecule has 0 aromatic rings. The molecule has 1 rings (SSSR count). The predicted molar refractivity (Wildman–Crippen MR) is 60.3 cm³/mol.